The molecule has 2 aromatic carbocycles. The molecule has 8 heteroatoms. The summed E-state index contributed by atoms with van der Waals surface area (Å²) in [6.07, 6.45) is 2.74. The standard InChI is InChI=1S/C24H24ClN3O3S/c1-30-13-12-27(23(29)18-4-3-5-21(14-18)31-2)11-10-20-16-32-24-26-22(15-28(20)24)17-6-8-19(25)9-7-17/h3-9,14-16H,10-13H2,1-2H3. The number of amides is 1. The highest BCUT2D eigenvalue weighted by Gasteiger charge is 2.18. The fourth-order valence-corrected chi connectivity index (χ4v) is 4.51. The van der Waals surface area contributed by atoms with Gasteiger partial charge in [-0.2, -0.15) is 0 Å². The molecular formula is C24H24ClN3O3S. The van der Waals surface area contributed by atoms with E-state index in [2.05, 4.69) is 9.78 Å². The van der Waals surface area contributed by atoms with E-state index < -0.39 is 0 Å². The van der Waals surface area contributed by atoms with E-state index >= 15 is 0 Å². The molecule has 0 aliphatic carbocycles. The first-order chi connectivity index (χ1) is 15.6. The summed E-state index contributed by atoms with van der Waals surface area (Å²) in [5.74, 6) is 0.620. The van der Waals surface area contributed by atoms with Crippen molar-refractivity contribution >= 4 is 33.8 Å². The van der Waals surface area contributed by atoms with E-state index in [1.54, 1.807) is 31.6 Å². The number of ether oxygens (including phenoxy) is 2. The summed E-state index contributed by atoms with van der Waals surface area (Å²) in [7, 11) is 3.23. The minimum absolute atomic E-state index is 0.0418. The Kier molecular flexibility index (Phi) is 7.09. The Bertz CT molecular complexity index is 1200. The van der Waals surface area contributed by atoms with Crippen molar-refractivity contribution in [2.75, 3.05) is 33.9 Å². The van der Waals surface area contributed by atoms with Crippen LogP contribution < -0.4 is 4.74 Å². The maximum Gasteiger partial charge on any atom is 0.254 e. The Hall–Kier alpha value is -2.87. The number of thiazole rings is 1. The summed E-state index contributed by atoms with van der Waals surface area (Å²) >= 11 is 7.60. The zero-order valence-electron chi connectivity index (χ0n) is 18.0. The van der Waals surface area contributed by atoms with Crippen LogP contribution in [-0.4, -0.2) is 54.1 Å². The first-order valence-electron chi connectivity index (χ1n) is 10.2. The van der Waals surface area contributed by atoms with E-state index in [-0.39, 0.29) is 5.91 Å². The summed E-state index contributed by atoms with van der Waals surface area (Å²) in [5.41, 5.74) is 3.63. The third-order valence-electron chi connectivity index (χ3n) is 5.23. The molecule has 0 bridgehead atoms. The smallest absolute Gasteiger partial charge is 0.254 e. The predicted molar refractivity (Wildman–Crippen MR) is 128 cm³/mol. The first kappa shape index (κ1) is 22.3. The second-order valence-corrected chi connectivity index (χ2v) is 8.55. The van der Waals surface area contributed by atoms with Crippen molar-refractivity contribution in [1.82, 2.24) is 14.3 Å². The highest BCUT2D eigenvalue weighted by molar-refractivity contribution is 7.15. The third-order valence-corrected chi connectivity index (χ3v) is 6.37. The van der Waals surface area contributed by atoms with Crippen LogP contribution in [-0.2, 0) is 11.2 Å². The Morgan fingerprint density at radius 3 is 2.72 bits per heavy atom. The topological polar surface area (TPSA) is 56.1 Å². The summed E-state index contributed by atoms with van der Waals surface area (Å²) in [5, 5.41) is 2.80. The SMILES string of the molecule is COCCN(CCc1csc2nc(-c3ccc(Cl)cc3)cn12)C(=O)c1cccc(OC)c1. The third kappa shape index (κ3) is 4.96. The van der Waals surface area contributed by atoms with Gasteiger partial charge in [0.15, 0.2) is 4.96 Å². The lowest BCUT2D eigenvalue weighted by Gasteiger charge is -2.22. The van der Waals surface area contributed by atoms with Crippen LogP contribution in [0.25, 0.3) is 16.2 Å². The van der Waals surface area contributed by atoms with E-state index in [0.717, 1.165) is 21.9 Å². The minimum atomic E-state index is -0.0418. The lowest BCUT2D eigenvalue weighted by Crippen LogP contribution is -2.35. The number of hydrogen-bond donors (Lipinski definition) is 0. The second-order valence-electron chi connectivity index (χ2n) is 7.28. The number of fused-ring (bicyclic) bond motifs is 1. The fraction of sp³-hybridized carbons (Fsp3) is 0.250. The van der Waals surface area contributed by atoms with Gasteiger partial charge in [-0.25, -0.2) is 4.98 Å². The summed E-state index contributed by atoms with van der Waals surface area (Å²) < 4.78 is 12.6. The number of rotatable bonds is 9. The average Bonchev–Trinajstić information content (AvgIpc) is 3.41. The molecular weight excluding hydrogens is 446 g/mol. The van der Waals surface area contributed by atoms with Crippen molar-refractivity contribution in [2.24, 2.45) is 0 Å². The largest absolute Gasteiger partial charge is 0.497 e. The van der Waals surface area contributed by atoms with Crippen LogP contribution in [0.3, 0.4) is 0 Å². The number of carbonyl (C=O) groups excluding carboxylic acids is 1. The maximum absolute atomic E-state index is 13.1. The number of benzene rings is 2. The highest BCUT2D eigenvalue weighted by Crippen LogP contribution is 2.25. The molecule has 4 rings (SSSR count). The minimum Gasteiger partial charge on any atom is -0.497 e. The van der Waals surface area contributed by atoms with Gasteiger partial charge in [-0.15, -0.1) is 11.3 Å². The number of imidazole rings is 1. The zero-order chi connectivity index (χ0) is 22.5. The van der Waals surface area contributed by atoms with Crippen LogP contribution in [0, 0.1) is 0 Å². The molecule has 32 heavy (non-hydrogen) atoms. The molecule has 0 radical (unpaired) electrons. The van der Waals surface area contributed by atoms with Crippen molar-refractivity contribution in [3.63, 3.8) is 0 Å². The highest BCUT2D eigenvalue weighted by atomic mass is 35.5. The fourth-order valence-electron chi connectivity index (χ4n) is 3.47. The van der Waals surface area contributed by atoms with Crippen LogP contribution >= 0.6 is 22.9 Å². The molecule has 2 aromatic heterocycles. The van der Waals surface area contributed by atoms with Crippen LogP contribution in [0.15, 0.2) is 60.1 Å². The number of hydrogen-bond acceptors (Lipinski definition) is 5. The number of nitrogens with zero attached hydrogens (tertiary/aromatic N) is 3. The van der Waals surface area contributed by atoms with Crippen LogP contribution in [0.1, 0.15) is 16.1 Å². The molecule has 2 heterocycles. The van der Waals surface area contributed by atoms with Crippen molar-refractivity contribution in [1.29, 1.82) is 0 Å². The first-order valence-corrected chi connectivity index (χ1v) is 11.5. The van der Waals surface area contributed by atoms with Gasteiger partial charge in [0.1, 0.15) is 5.75 Å². The molecule has 0 fully saturated rings. The average molecular weight is 470 g/mol. The van der Waals surface area contributed by atoms with Gasteiger partial charge < -0.3 is 14.4 Å². The number of halogens is 1. The Morgan fingerprint density at radius 2 is 1.97 bits per heavy atom. The monoisotopic (exact) mass is 469 g/mol. The Balaban J connectivity index is 1.52. The predicted octanol–water partition coefficient (Wildman–Crippen LogP) is 5.06. The quantitative estimate of drug-likeness (QED) is 0.344. The van der Waals surface area contributed by atoms with Gasteiger partial charge in [-0.05, 0) is 30.3 Å². The number of aromatic nitrogens is 2. The molecule has 0 saturated heterocycles. The van der Waals surface area contributed by atoms with E-state index in [1.165, 1.54) is 0 Å². The van der Waals surface area contributed by atoms with E-state index in [0.29, 0.717) is 42.5 Å². The van der Waals surface area contributed by atoms with Crippen molar-refractivity contribution in [2.45, 2.75) is 6.42 Å². The van der Waals surface area contributed by atoms with Crippen LogP contribution in [0.4, 0.5) is 0 Å². The van der Waals surface area contributed by atoms with E-state index in [1.807, 2.05) is 53.6 Å². The Morgan fingerprint density at radius 1 is 1.16 bits per heavy atom. The summed E-state index contributed by atoms with van der Waals surface area (Å²) in [6, 6.07) is 14.9. The lowest BCUT2D eigenvalue weighted by atomic mass is 10.1. The molecule has 0 N–H and O–H groups in total. The van der Waals surface area contributed by atoms with Crippen molar-refractivity contribution < 1.29 is 14.3 Å². The molecule has 0 atom stereocenters. The molecule has 6 nitrogen and oxygen atoms in total. The van der Waals surface area contributed by atoms with Gasteiger partial charge in [-0.1, -0.05) is 29.8 Å². The zero-order valence-corrected chi connectivity index (χ0v) is 19.5. The normalized spacial score (nSPS) is 11.1. The van der Waals surface area contributed by atoms with Gasteiger partial charge in [0.2, 0.25) is 0 Å². The van der Waals surface area contributed by atoms with Gasteiger partial charge in [0.25, 0.3) is 5.91 Å². The number of carbonyl (C=O) groups is 1. The molecule has 4 aromatic rings. The van der Waals surface area contributed by atoms with Crippen LogP contribution in [0.2, 0.25) is 5.02 Å². The van der Waals surface area contributed by atoms with Crippen molar-refractivity contribution in [3.05, 3.63) is 76.4 Å². The molecule has 166 valence electrons. The van der Waals surface area contributed by atoms with Gasteiger partial charge in [0.05, 0.1) is 19.4 Å². The summed E-state index contributed by atoms with van der Waals surface area (Å²) in [6.45, 7) is 1.56. The van der Waals surface area contributed by atoms with Crippen LogP contribution in [0.5, 0.6) is 5.75 Å². The molecule has 0 aliphatic heterocycles. The summed E-state index contributed by atoms with van der Waals surface area (Å²) in [4.78, 5) is 20.6. The van der Waals surface area contributed by atoms with Gasteiger partial charge in [0, 0.05) is 60.0 Å². The second kappa shape index (κ2) is 10.2. The van der Waals surface area contributed by atoms with Gasteiger partial charge >= 0.3 is 0 Å². The van der Waals surface area contributed by atoms with E-state index in [9.17, 15) is 4.79 Å². The molecule has 0 aliphatic rings. The molecule has 0 saturated carbocycles. The maximum atomic E-state index is 13.1. The van der Waals surface area contributed by atoms with Crippen molar-refractivity contribution in [3.8, 4) is 17.0 Å². The lowest BCUT2D eigenvalue weighted by molar-refractivity contribution is 0.0697. The Labute approximate surface area is 196 Å². The van der Waals surface area contributed by atoms with Gasteiger partial charge in [-0.3, -0.25) is 9.20 Å². The molecule has 1 amide bonds. The van der Waals surface area contributed by atoms with E-state index in [4.69, 9.17) is 26.1 Å². The molecule has 0 spiro atoms. The molecule has 0 unspecified atom stereocenters. The number of methoxy groups -OCH3 is 2.